The molecule has 2 heterocycles. The zero-order valence-corrected chi connectivity index (χ0v) is 34.7. The van der Waals surface area contributed by atoms with E-state index in [9.17, 15) is 35.9 Å². The van der Waals surface area contributed by atoms with Crippen molar-refractivity contribution in [3.8, 4) is 11.3 Å². The van der Waals surface area contributed by atoms with E-state index in [1.54, 1.807) is 23.1 Å². The summed E-state index contributed by atoms with van der Waals surface area (Å²) in [4.78, 5) is 30.7. The fourth-order valence-electron chi connectivity index (χ4n) is 5.08. The molecule has 2 aromatic carbocycles. The molecule has 1 fully saturated rings. The highest BCUT2D eigenvalue weighted by molar-refractivity contribution is 9.09. The zero-order valence-electron chi connectivity index (χ0n) is 30.6. The topological polar surface area (TPSA) is 59.5 Å². The maximum atomic E-state index is 13.0. The van der Waals surface area contributed by atoms with E-state index in [1.807, 2.05) is 73.8 Å². The molecule has 1 amide bonds. The molecule has 5 nitrogen and oxygen atoms in total. The molecule has 1 saturated heterocycles. The highest BCUT2D eigenvalue weighted by Gasteiger charge is 2.32. The van der Waals surface area contributed by atoms with Crippen LogP contribution in [0.5, 0.6) is 0 Å². The van der Waals surface area contributed by atoms with Gasteiger partial charge in [0.25, 0.3) is 0 Å². The second kappa shape index (κ2) is 17.1. The van der Waals surface area contributed by atoms with Crippen molar-refractivity contribution < 1.29 is 40.7 Å². The Kier molecular flexibility index (Phi) is 14.5. The number of carbonyl (C=O) groups is 2. The number of thioether (sulfide) groups is 2. The van der Waals surface area contributed by atoms with Gasteiger partial charge in [0.05, 0.1) is 16.0 Å². The minimum absolute atomic E-state index is 0.0456. The number of alkyl halides is 7. The van der Waals surface area contributed by atoms with E-state index in [4.69, 9.17) is 9.72 Å². The zero-order chi connectivity index (χ0) is 39.4. The number of nitrogens with zero attached hydrogens (tertiary/aromatic N) is 2. The Morgan fingerprint density at radius 3 is 1.77 bits per heavy atom. The molecule has 4 rings (SSSR count). The van der Waals surface area contributed by atoms with Gasteiger partial charge in [0.15, 0.2) is 5.78 Å². The highest BCUT2D eigenvalue weighted by Crippen LogP contribution is 2.42. The van der Waals surface area contributed by atoms with Crippen LogP contribution >= 0.6 is 50.8 Å². The number of benzene rings is 2. The van der Waals surface area contributed by atoms with Gasteiger partial charge in [-0.25, -0.2) is 9.78 Å². The first-order chi connectivity index (χ1) is 23.6. The molecule has 0 aliphatic carbocycles. The van der Waals surface area contributed by atoms with E-state index in [-0.39, 0.29) is 67.3 Å². The Labute approximate surface area is 323 Å². The number of amides is 1. The average molecular weight is 856 g/mol. The number of thiazole rings is 1. The molecular formula is C37H45BrF6N2O3S3. The molecule has 0 N–H and O–H groups in total. The van der Waals surface area contributed by atoms with Crippen molar-refractivity contribution in [2.24, 2.45) is 0 Å². The van der Waals surface area contributed by atoms with E-state index in [1.165, 1.54) is 23.5 Å². The van der Waals surface area contributed by atoms with E-state index < -0.39 is 16.6 Å². The molecule has 52 heavy (non-hydrogen) atoms. The fraction of sp³-hybridized carbons (Fsp3) is 0.541. The van der Waals surface area contributed by atoms with Crippen LogP contribution in [0.2, 0.25) is 0 Å². The number of halogens is 7. The van der Waals surface area contributed by atoms with Crippen LogP contribution in [0.25, 0.3) is 11.3 Å². The normalized spacial score (nSPS) is 14.9. The number of carbonyl (C=O) groups excluding carboxylic acids is 2. The summed E-state index contributed by atoms with van der Waals surface area (Å²) in [6, 6.07) is 9.55. The number of ether oxygens (including phenoxy) is 1. The third-order valence-electron chi connectivity index (χ3n) is 7.77. The van der Waals surface area contributed by atoms with Gasteiger partial charge in [0, 0.05) is 45.3 Å². The average Bonchev–Trinajstić information content (AvgIpc) is 3.48. The van der Waals surface area contributed by atoms with Crippen LogP contribution in [-0.4, -0.2) is 56.8 Å². The number of piperidine rings is 1. The monoisotopic (exact) mass is 854 g/mol. The summed E-state index contributed by atoms with van der Waals surface area (Å²) in [5.41, 5.74) is -6.58. The van der Waals surface area contributed by atoms with Crippen molar-refractivity contribution in [1.82, 2.24) is 9.88 Å². The minimum atomic E-state index is -4.36. The van der Waals surface area contributed by atoms with Gasteiger partial charge < -0.3 is 9.64 Å². The molecule has 1 aliphatic heterocycles. The van der Waals surface area contributed by atoms with Crippen LogP contribution in [0.3, 0.4) is 0 Å². The Balaban J connectivity index is 0.000000326. The SMILES string of the molecule is CC(C)(C)OC(=O)N1CCC(c2nc(-c3cc(SC(F)(F)F)cc(C(C)(C)C)c3)cs2)CC1.CC(C)(C)c1cc(SC(F)(F)F)cc(C(=O)CBr)c1. The first-order valence-corrected chi connectivity index (χ1v) is 20.1. The van der Waals surface area contributed by atoms with Gasteiger partial charge in [0.1, 0.15) is 5.60 Å². The van der Waals surface area contributed by atoms with Crippen LogP contribution in [0.15, 0.2) is 51.6 Å². The van der Waals surface area contributed by atoms with Crippen molar-refractivity contribution >= 4 is 62.7 Å². The van der Waals surface area contributed by atoms with Crippen LogP contribution in [0.1, 0.15) is 108 Å². The third-order valence-corrected chi connectivity index (χ3v) is 10.7. The molecule has 288 valence electrons. The molecule has 0 unspecified atom stereocenters. The quantitative estimate of drug-likeness (QED) is 0.107. The van der Waals surface area contributed by atoms with Crippen LogP contribution in [0.4, 0.5) is 31.1 Å². The molecule has 0 bridgehead atoms. The van der Waals surface area contributed by atoms with E-state index in [0.717, 1.165) is 23.4 Å². The summed E-state index contributed by atoms with van der Waals surface area (Å²) in [6.07, 6.45) is 1.27. The van der Waals surface area contributed by atoms with E-state index >= 15 is 0 Å². The van der Waals surface area contributed by atoms with Gasteiger partial charge in [-0.2, -0.15) is 26.3 Å². The summed E-state index contributed by atoms with van der Waals surface area (Å²) in [5.74, 6) is -0.00706. The predicted octanol–water partition coefficient (Wildman–Crippen LogP) is 13.0. The standard InChI is InChI=1S/C24H31F3N2O2S2.C13H14BrF3OS/c1-22(2,3)17-11-16(12-18(13-17)33-24(25,26)27)19-14-32-20(28-19)15-7-9-29(10-8-15)21(30)31-23(4,5)6;1-12(2,3)9-4-8(11(18)7-14)5-10(6-9)19-13(15,16)17/h11-15H,7-10H2,1-6H3;4-6H,7H2,1-3H3. The van der Waals surface area contributed by atoms with Gasteiger partial charge in [0.2, 0.25) is 0 Å². The summed E-state index contributed by atoms with van der Waals surface area (Å²) in [6.45, 7) is 18.4. The molecule has 1 aromatic heterocycles. The van der Waals surface area contributed by atoms with E-state index in [2.05, 4.69) is 15.9 Å². The molecule has 0 atom stereocenters. The van der Waals surface area contributed by atoms with Crippen LogP contribution in [-0.2, 0) is 15.6 Å². The maximum Gasteiger partial charge on any atom is 0.446 e. The fourth-order valence-corrected chi connectivity index (χ4v) is 7.68. The highest BCUT2D eigenvalue weighted by atomic mass is 79.9. The van der Waals surface area contributed by atoms with Crippen molar-refractivity contribution in [2.45, 2.75) is 118 Å². The van der Waals surface area contributed by atoms with Crippen molar-refractivity contribution in [2.75, 3.05) is 18.4 Å². The third kappa shape index (κ3) is 14.2. The molecule has 0 spiro atoms. The number of rotatable bonds is 6. The number of Topliss-reactive ketones (excluding diaryl/α,β-unsaturated/α-hetero) is 1. The summed E-state index contributed by atoms with van der Waals surface area (Å²) >= 11 is 4.28. The van der Waals surface area contributed by atoms with Gasteiger partial charge in [-0.3, -0.25) is 4.79 Å². The number of likely N-dealkylation sites (tertiary alicyclic amines) is 1. The van der Waals surface area contributed by atoms with Gasteiger partial charge in [-0.1, -0.05) is 57.5 Å². The first-order valence-electron chi connectivity index (χ1n) is 16.5. The minimum Gasteiger partial charge on any atom is -0.444 e. The molecule has 0 saturated carbocycles. The molecule has 15 heteroatoms. The molecule has 0 radical (unpaired) electrons. The number of hydrogen-bond acceptors (Lipinski definition) is 7. The molecule has 3 aromatic rings. The number of hydrogen-bond donors (Lipinski definition) is 0. The summed E-state index contributed by atoms with van der Waals surface area (Å²) in [5, 5.41) is 2.97. The largest absolute Gasteiger partial charge is 0.446 e. The van der Waals surface area contributed by atoms with Crippen molar-refractivity contribution in [1.29, 1.82) is 0 Å². The molecular weight excluding hydrogens is 811 g/mol. The van der Waals surface area contributed by atoms with Crippen LogP contribution < -0.4 is 0 Å². The number of aromatic nitrogens is 1. The van der Waals surface area contributed by atoms with Crippen molar-refractivity contribution in [3.05, 3.63) is 63.5 Å². The second-order valence-corrected chi connectivity index (χ2v) is 19.2. The van der Waals surface area contributed by atoms with Crippen LogP contribution in [0, 0.1) is 0 Å². The van der Waals surface area contributed by atoms with Gasteiger partial charge in [-0.05, 0) is 115 Å². The van der Waals surface area contributed by atoms with Gasteiger partial charge >= 0.3 is 17.1 Å². The summed E-state index contributed by atoms with van der Waals surface area (Å²) in [7, 11) is 0. The molecule has 1 aliphatic rings. The lowest BCUT2D eigenvalue weighted by Gasteiger charge is -2.32. The predicted molar refractivity (Wildman–Crippen MR) is 203 cm³/mol. The Morgan fingerprint density at radius 1 is 0.808 bits per heavy atom. The lowest BCUT2D eigenvalue weighted by atomic mass is 9.86. The lowest BCUT2D eigenvalue weighted by molar-refractivity contribution is -0.0337. The Bertz CT molecular complexity index is 1700. The van der Waals surface area contributed by atoms with Crippen molar-refractivity contribution in [3.63, 3.8) is 0 Å². The van der Waals surface area contributed by atoms with Gasteiger partial charge in [-0.15, -0.1) is 11.3 Å². The Morgan fingerprint density at radius 2 is 1.31 bits per heavy atom. The smallest absolute Gasteiger partial charge is 0.444 e. The second-order valence-electron chi connectivity index (χ2n) is 15.5. The lowest BCUT2D eigenvalue weighted by Crippen LogP contribution is -2.41. The Hall–Kier alpha value is -2.23. The van der Waals surface area contributed by atoms with E-state index in [0.29, 0.717) is 35.5 Å². The maximum absolute atomic E-state index is 13.0. The number of ketones is 1. The summed E-state index contributed by atoms with van der Waals surface area (Å²) < 4.78 is 81.9. The first kappa shape index (κ1) is 44.2.